The highest BCUT2D eigenvalue weighted by Crippen LogP contribution is 2.52. The molecule has 0 aliphatic carbocycles. The van der Waals surface area contributed by atoms with E-state index in [4.69, 9.17) is 22.6 Å². The Morgan fingerprint density at radius 2 is 1.77 bits per heavy atom. The molecule has 2 aliphatic rings. The lowest BCUT2D eigenvalue weighted by Gasteiger charge is -2.33. The molecule has 12 heteroatoms. The lowest BCUT2D eigenvalue weighted by atomic mass is 10.1. The van der Waals surface area contributed by atoms with Crippen molar-refractivity contribution in [3.8, 4) is 17.5 Å². The van der Waals surface area contributed by atoms with Gasteiger partial charge in [0, 0.05) is 25.9 Å². The standard InChI is InChI=1S/C23H31N3O8S/c1-15-20(31-17-7-5-16(6-8-17)19-13-30-35(28,29)34-19)24-14-25-21(15)32-18-9-11-26(12-10-18)22(27)33-23(2,3)4/h5-8,14,18-19,28-29H,9-13H2,1-4H3. The summed E-state index contributed by atoms with van der Waals surface area (Å²) in [6.07, 6.45) is 1.76. The number of carbonyl (C=O) groups is 1. The molecule has 1 aromatic heterocycles. The maximum Gasteiger partial charge on any atom is 0.410 e. The van der Waals surface area contributed by atoms with E-state index in [1.165, 1.54) is 6.33 Å². The highest BCUT2D eigenvalue weighted by atomic mass is 32.3. The van der Waals surface area contributed by atoms with Gasteiger partial charge in [-0.1, -0.05) is 12.1 Å². The number of carbonyl (C=O) groups excluding carboxylic acids is 1. The van der Waals surface area contributed by atoms with Gasteiger partial charge in [0.15, 0.2) is 0 Å². The molecule has 1 amide bonds. The molecule has 1 aromatic carbocycles. The quantitative estimate of drug-likeness (QED) is 0.566. The highest BCUT2D eigenvalue weighted by Gasteiger charge is 2.35. The van der Waals surface area contributed by atoms with E-state index in [0.29, 0.717) is 49.0 Å². The third-order valence-corrected chi connectivity index (χ3v) is 6.37. The molecule has 4 rings (SSSR count). The van der Waals surface area contributed by atoms with E-state index in [2.05, 4.69) is 9.97 Å². The molecular formula is C23H31N3O8S. The van der Waals surface area contributed by atoms with Crippen LogP contribution in [0.2, 0.25) is 0 Å². The Hall–Kier alpha value is -2.64. The van der Waals surface area contributed by atoms with Gasteiger partial charge in [-0.3, -0.25) is 17.5 Å². The van der Waals surface area contributed by atoms with Crippen LogP contribution in [0.1, 0.15) is 50.8 Å². The van der Waals surface area contributed by atoms with Crippen molar-refractivity contribution in [2.75, 3.05) is 19.7 Å². The van der Waals surface area contributed by atoms with E-state index in [-0.39, 0.29) is 18.8 Å². The first kappa shape index (κ1) is 25.5. The Bertz CT molecular complexity index is 1040. The molecule has 3 heterocycles. The maximum absolute atomic E-state index is 12.3. The van der Waals surface area contributed by atoms with Crippen molar-refractivity contribution in [1.29, 1.82) is 0 Å². The number of nitrogens with zero attached hydrogens (tertiary/aromatic N) is 3. The number of hydrogen-bond acceptors (Lipinski definition) is 10. The van der Waals surface area contributed by atoms with Crippen LogP contribution in [0.4, 0.5) is 4.79 Å². The minimum absolute atomic E-state index is 0.0605. The van der Waals surface area contributed by atoms with Crippen molar-refractivity contribution in [2.45, 2.75) is 58.3 Å². The van der Waals surface area contributed by atoms with E-state index < -0.39 is 22.9 Å². The fourth-order valence-corrected chi connectivity index (χ4v) is 4.48. The van der Waals surface area contributed by atoms with Crippen molar-refractivity contribution in [2.24, 2.45) is 0 Å². The lowest BCUT2D eigenvalue weighted by Crippen LogP contribution is -2.44. The highest BCUT2D eigenvalue weighted by molar-refractivity contribution is 8.16. The predicted molar refractivity (Wildman–Crippen MR) is 127 cm³/mol. The Labute approximate surface area is 206 Å². The molecule has 1 atom stereocenters. The van der Waals surface area contributed by atoms with Crippen LogP contribution >= 0.6 is 11.2 Å². The molecule has 0 bridgehead atoms. The first-order chi connectivity index (χ1) is 16.5. The number of likely N-dealkylation sites (tertiary alicyclic amines) is 1. The molecule has 2 aliphatic heterocycles. The fourth-order valence-electron chi connectivity index (χ4n) is 3.65. The monoisotopic (exact) mass is 509 g/mol. The van der Waals surface area contributed by atoms with Gasteiger partial charge in [-0.15, -0.1) is 0 Å². The normalized spacial score (nSPS) is 21.4. The molecule has 2 fully saturated rings. The van der Waals surface area contributed by atoms with Crippen molar-refractivity contribution in [3.05, 3.63) is 41.7 Å². The SMILES string of the molecule is Cc1c(Oc2ccc(C3COS(O)(O)O3)cc2)ncnc1OC1CCN(C(=O)OC(C)(C)C)CC1. The van der Waals surface area contributed by atoms with Crippen LogP contribution < -0.4 is 9.47 Å². The van der Waals surface area contributed by atoms with Gasteiger partial charge >= 0.3 is 6.09 Å². The van der Waals surface area contributed by atoms with Crippen LogP contribution in [0.3, 0.4) is 0 Å². The molecule has 192 valence electrons. The Balaban J connectivity index is 1.33. The number of benzene rings is 1. The third kappa shape index (κ3) is 6.73. The first-order valence-corrected chi connectivity index (χ1v) is 12.7. The molecule has 2 saturated heterocycles. The second kappa shape index (κ2) is 10.2. The molecular weight excluding hydrogens is 478 g/mol. The smallest absolute Gasteiger partial charge is 0.410 e. The van der Waals surface area contributed by atoms with Gasteiger partial charge in [-0.05, 0) is 45.4 Å². The zero-order valence-electron chi connectivity index (χ0n) is 20.2. The summed E-state index contributed by atoms with van der Waals surface area (Å²) >= 11 is -3.43. The van der Waals surface area contributed by atoms with Gasteiger partial charge in [0.05, 0.1) is 12.2 Å². The summed E-state index contributed by atoms with van der Waals surface area (Å²) in [6, 6.07) is 6.99. The number of aromatic nitrogens is 2. The number of amides is 1. The van der Waals surface area contributed by atoms with Crippen LogP contribution in [0.15, 0.2) is 30.6 Å². The minimum atomic E-state index is -3.43. The summed E-state index contributed by atoms with van der Waals surface area (Å²) in [4.78, 5) is 22.5. The first-order valence-electron chi connectivity index (χ1n) is 11.3. The molecule has 0 spiro atoms. The topological polar surface area (TPSA) is 133 Å². The van der Waals surface area contributed by atoms with Gasteiger partial charge in [0.25, 0.3) is 0 Å². The second-order valence-electron chi connectivity index (χ2n) is 9.38. The van der Waals surface area contributed by atoms with Crippen molar-refractivity contribution >= 4 is 17.2 Å². The zero-order chi connectivity index (χ0) is 25.2. The van der Waals surface area contributed by atoms with Crippen molar-refractivity contribution in [1.82, 2.24) is 14.9 Å². The molecule has 0 saturated carbocycles. The number of rotatable bonds is 5. The average molecular weight is 510 g/mol. The molecule has 0 radical (unpaired) electrons. The Morgan fingerprint density at radius 1 is 1.11 bits per heavy atom. The molecule has 11 nitrogen and oxygen atoms in total. The van der Waals surface area contributed by atoms with Crippen LogP contribution in [0, 0.1) is 6.92 Å². The van der Waals surface area contributed by atoms with Gasteiger partial charge < -0.3 is 19.1 Å². The predicted octanol–water partition coefficient (Wildman–Crippen LogP) is 5.02. The zero-order valence-corrected chi connectivity index (χ0v) is 21.0. The molecule has 2 aromatic rings. The summed E-state index contributed by atoms with van der Waals surface area (Å²) in [5.41, 5.74) is 0.868. The van der Waals surface area contributed by atoms with E-state index in [9.17, 15) is 13.9 Å². The minimum Gasteiger partial charge on any atom is -0.474 e. The summed E-state index contributed by atoms with van der Waals surface area (Å²) in [5, 5.41) is 0. The van der Waals surface area contributed by atoms with E-state index >= 15 is 0 Å². The Morgan fingerprint density at radius 3 is 2.37 bits per heavy atom. The number of piperidine rings is 1. The van der Waals surface area contributed by atoms with E-state index in [1.807, 2.05) is 27.7 Å². The van der Waals surface area contributed by atoms with Crippen LogP contribution in [0.5, 0.6) is 17.5 Å². The Kier molecular flexibility index (Phi) is 7.38. The molecule has 35 heavy (non-hydrogen) atoms. The molecule has 2 N–H and O–H groups in total. The van der Waals surface area contributed by atoms with Crippen molar-refractivity contribution < 1.29 is 36.5 Å². The molecule has 1 unspecified atom stereocenters. The number of hydrogen-bond donors (Lipinski definition) is 2. The van der Waals surface area contributed by atoms with Crippen LogP contribution in [-0.4, -0.2) is 61.5 Å². The van der Waals surface area contributed by atoms with Gasteiger partial charge in [0.2, 0.25) is 22.9 Å². The largest absolute Gasteiger partial charge is 0.474 e. The summed E-state index contributed by atoms with van der Waals surface area (Å²) < 4.78 is 46.3. The third-order valence-electron chi connectivity index (χ3n) is 5.44. The van der Waals surface area contributed by atoms with Crippen molar-refractivity contribution in [3.63, 3.8) is 0 Å². The van der Waals surface area contributed by atoms with Gasteiger partial charge in [0.1, 0.15) is 29.9 Å². The average Bonchev–Trinajstić information content (AvgIpc) is 3.16. The van der Waals surface area contributed by atoms with Gasteiger partial charge in [-0.2, -0.15) is 0 Å². The number of ether oxygens (including phenoxy) is 3. The van der Waals surface area contributed by atoms with E-state index in [1.54, 1.807) is 29.2 Å². The maximum atomic E-state index is 12.3. The summed E-state index contributed by atoms with van der Waals surface area (Å²) in [5.74, 6) is 1.34. The summed E-state index contributed by atoms with van der Waals surface area (Å²) in [6.45, 7) is 8.53. The lowest BCUT2D eigenvalue weighted by molar-refractivity contribution is 0.0122. The van der Waals surface area contributed by atoms with E-state index in [0.717, 1.165) is 5.56 Å². The second-order valence-corrected chi connectivity index (χ2v) is 10.7. The van der Waals surface area contributed by atoms with Crippen LogP contribution in [-0.2, 0) is 13.1 Å². The van der Waals surface area contributed by atoms with Gasteiger partial charge in [-0.25, -0.2) is 14.8 Å². The summed E-state index contributed by atoms with van der Waals surface area (Å²) in [7, 11) is 0. The van der Waals surface area contributed by atoms with Crippen LogP contribution in [0.25, 0.3) is 0 Å². The fraction of sp³-hybridized carbons (Fsp3) is 0.522.